The van der Waals surface area contributed by atoms with E-state index in [1.807, 2.05) is 6.07 Å². The van der Waals surface area contributed by atoms with Gasteiger partial charge in [-0.3, -0.25) is 9.59 Å². The number of methoxy groups -OCH3 is 2. The highest BCUT2D eigenvalue weighted by Gasteiger charge is 2.34. The minimum atomic E-state index is -1.07. The second-order valence-electron chi connectivity index (χ2n) is 5.00. The van der Waals surface area contributed by atoms with Crippen LogP contribution in [0.2, 0.25) is 0 Å². The van der Waals surface area contributed by atoms with Gasteiger partial charge >= 0.3 is 15.1 Å². The van der Waals surface area contributed by atoms with E-state index in [-0.39, 0.29) is 12.2 Å². The molecule has 0 spiro atoms. The summed E-state index contributed by atoms with van der Waals surface area (Å²) in [5.41, 5.74) is 0.790. The molecule has 138 valence electrons. The summed E-state index contributed by atoms with van der Waals surface area (Å²) >= 11 is 0. The average molecular weight is 377 g/mol. The first-order chi connectivity index (χ1) is 12.6. The maximum Gasteiger partial charge on any atom is 0.321 e. The van der Waals surface area contributed by atoms with Crippen LogP contribution >= 0.6 is 9.12 Å². The van der Waals surface area contributed by atoms with Crippen molar-refractivity contribution in [2.24, 2.45) is 0 Å². The molecule has 26 heavy (non-hydrogen) atoms. The van der Waals surface area contributed by atoms with Crippen molar-refractivity contribution in [1.82, 2.24) is 0 Å². The Morgan fingerprint density at radius 3 is 1.92 bits per heavy atom. The quantitative estimate of drug-likeness (QED) is 0.318. The molecule has 0 amide bonds. The lowest BCUT2D eigenvalue weighted by Gasteiger charge is -2.18. The van der Waals surface area contributed by atoms with Gasteiger partial charge in [-0.25, -0.2) is 0 Å². The molecule has 6 nitrogen and oxygen atoms in total. The standard InChI is InChI=1S/C19H20O5.H2OP/c1-4-24-19(21)16(13-9-6-5-7-10-13)18(20)17-14(22-2)11-8-12-15(17)23-3;1-2/h5-12,16H,4H2,1-3H3;2H2/q;+1. The van der Waals surface area contributed by atoms with Crippen LogP contribution in [0, 0.1) is 0 Å². The van der Waals surface area contributed by atoms with Crippen molar-refractivity contribution in [2.75, 3.05) is 20.8 Å². The van der Waals surface area contributed by atoms with Gasteiger partial charge in [0.25, 0.3) is 0 Å². The Kier molecular flexibility index (Phi) is 9.02. The summed E-state index contributed by atoms with van der Waals surface area (Å²) in [7, 11) is 4.10. The molecular formula is C19H22O6P+. The van der Waals surface area contributed by atoms with Gasteiger partial charge in [-0.05, 0) is 24.6 Å². The van der Waals surface area contributed by atoms with Crippen molar-refractivity contribution in [3.05, 3.63) is 59.7 Å². The van der Waals surface area contributed by atoms with E-state index < -0.39 is 17.7 Å². The molecule has 0 aromatic heterocycles. The number of carbonyl (C=O) groups excluding carboxylic acids is 2. The van der Waals surface area contributed by atoms with Crippen molar-refractivity contribution in [3.8, 4) is 11.5 Å². The topological polar surface area (TPSA) is 78.9 Å². The molecule has 0 N–H and O–H groups in total. The summed E-state index contributed by atoms with van der Waals surface area (Å²) < 4.78 is 23.8. The lowest BCUT2D eigenvalue weighted by Crippen LogP contribution is -2.25. The van der Waals surface area contributed by atoms with Crippen LogP contribution in [-0.2, 0) is 14.1 Å². The largest absolute Gasteiger partial charge is 0.496 e. The summed E-state index contributed by atoms with van der Waals surface area (Å²) in [5, 5.41) is 0. The first-order valence-electron chi connectivity index (χ1n) is 7.84. The molecule has 0 heterocycles. The van der Waals surface area contributed by atoms with E-state index in [2.05, 4.69) is 0 Å². The monoisotopic (exact) mass is 377 g/mol. The Hall–Kier alpha value is -2.72. The predicted molar refractivity (Wildman–Crippen MR) is 100 cm³/mol. The lowest BCUT2D eigenvalue weighted by molar-refractivity contribution is -0.143. The van der Waals surface area contributed by atoms with Gasteiger partial charge in [-0.15, -0.1) is 0 Å². The molecule has 0 radical (unpaired) electrons. The zero-order valence-corrected chi connectivity index (χ0v) is 16.1. The van der Waals surface area contributed by atoms with Crippen LogP contribution in [-0.4, -0.2) is 32.6 Å². The third-order valence-corrected chi connectivity index (χ3v) is 3.59. The van der Waals surface area contributed by atoms with Crippen molar-refractivity contribution in [3.63, 3.8) is 0 Å². The van der Waals surface area contributed by atoms with Gasteiger partial charge in [0.15, 0.2) is 5.78 Å². The number of ether oxygens (including phenoxy) is 3. The normalized spacial score (nSPS) is 10.7. The van der Waals surface area contributed by atoms with E-state index in [9.17, 15) is 9.59 Å². The maximum absolute atomic E-state index is 13.2. The van der Waals surface area contributed by atoms with Gasteiger partial charge in [-0.1, -0.05) is 41.0 Å². The molecule has 7 heteroatoms. The molecule has 0 aliphatic heterocycles. The minimum Gasteiger partial charge on any atom is -0.496 e. The second-order valence-corrected chi connectivity index (χ2v) is 5.00. The number of ketones is 1. The minimum absolute atomic E-state index is 0.193. The average Bonchev–Trinajstić information content (AvgIpc) is 2.69. The molecule has 0 aliphatic rings. The van der Waals surface area contributed by atoms with Gasteiger partial charge in [-0.2, -0.15) is 0 Å². The van der Waals surface area contributed by atoms with E-state index in [0.717, 1.165) is 0 Å². The highest BCUT2D eigenvalue weighted by molar-refractivity contribution is 7.00. The van der Waals surface area contributed by atoms with Gasteiger partial charge in [0, 0.05) is 0 Å². The van der Waals surface area contributed by atoms with Gasteiger partial charge in [0.1, 0.15) is 23.0 Å². The zero-order valence-electron chi connectivity index (χ0n) is 14.9. The third-order valence-electron chi connectivity index (χ3n) is 3.59. The SMILES string of the molecule is CCOC(=O)C(C(=O)c1c(OC)cccc1OC)c1ccccc1.O=[PH2+]. The summed E-state index contributed by atoms with van der Waals surface area (Å²) in [6, 6.07) is 13.8. The smallest absolute Gasteiger partial charge is 0.321 e. The summed E-state index contributed by atoms with van der Waals surface area (Å²) in [6.07, 6.45) is 0. The van der Waals surface area contributed by atoms with Crippen molar-refractivity contribution < 1.29 is 28.4 Å². The van der Waals surface area contributed by atoms with E-state index in [0.29, 0.717) is 17.1 Å². The number of hydrogen-bond acceptors (Lipinski definition) is 6. The van der Waals surface area contributed by atoms with Crippen LogP contribution in [0.3, 0.4) is 0 Å². The number of hydrogen-bond donors (Lipinski definition) is 0. The molecular weight excluding hydrogens is 355 g/mol. The van der Waals surface area contributed by atoms with E-state index in [1.165, 1.54) is 23.3 Å². The zero-order chi connectivity index (χ0) is 19.5. The van der Waals surface area contributed by atoms with Gasteiger partial charge in [0.05, 0.1) is 20.8 Å². The number of esters is 1. The Bertz CT molecular complexity index is 710. The van der Waals surface area contributed by atoms with Crippen LogP contribution in [0.5, 0.6) is 11.5 Å². The van der Waals surface area contributed by atoms with E-state index in [1.54, 1.807) is 49.4 Å². The fraction of sp³-hybridized carbons (Fsp3) is 0.263. The molecule has 2 atom stereocenters. The molecule has 2 aromatic carbocycles. The number of Topliss-reactive ketones (excluding diaryl/α,β-unsaturated/α-hetero) is 1. The molecule has 0 aliphatic carbocycles. The summed E-state index contributed by atoms with van der Waals surface area (Å²) in [4.78, 5) is 25.6. The van der Waals surface area contributed by atoms with Crippen LogP contribution in [0.4, 0.5) is 0 Å². The van der Waals surface area contributed by atoms with Crippen LogP contribution in [0.15, 0.2) is 48.5 Å². The Morgan fingerprint density at radius 2 is 1.46 bits per heavy atom. The summed E-state index contributed by atoms with van der Waals surface area (Å²) in [6.45, 7) is 1.90. The maximum atomic E-state index is 13.2. The van der Waals surface area contributed by atoms with Crippen LogP contribution < -0.4 is 9.47 Å². The first kappa shape index (κ1) is 21.3. The molecule has 2 aromatic rings. The van der Waals surface area contributed by atoms with E-state index in [4.69, 9.17) is 18.8 Å². The molecule has 0 bridgehead atoms. The highest BCUT2D eigenvalue weighted by Crippen LogP contribution is 2.34. The van der Waals surface area contributed by atoms with Crippen LogP contribution in [0.25, 0.3) is 0 Å². The van der Waals surface area contributed by atoms with Crippen molar-refractivity contribution >= 4 is 20.9 Å². The fourth-order valence-corrected chi connectivity index (χ4v) is 2.50. The van der Waals surface area contributed by atoms with Crippen molar-refractivity contribution in [2.45, 2.75) is 12.8 Å². The Labute approximate surface area is 154 Å². The summed E-state index contributed by atoms with van der Waals surface area (Å²) in [5.74, 6) is -1.39. The number of rotatable bonds is 7. The van der Waals surface area contributed by atoms with Gasteiger partial charge in [0.2, 0.25) is 0 Å². The predicted octanol–water partition coefficient (Wildman–Crippen LogP) is 3.44. The molecule has 0 saturated heterocycles. The number of carbonyl (C=O) groups is 2. The number of benzene rings is 2. The van der Waals surface area contributed by atoms with Gasteiger partial charge < -0.3 is 14.2 Å². The van der Waals surface area contributed by atoms with Crippen molar-refractivity contribution in [1.29, 1.82) is 0 Å². The van der Waals surface area contributed by atoms with Crippen LogP contribution in [0.1, 0.15) is 28.8 Å². The van der Waals surface area contributed by atoms with E-state index >= 15 is 0 Å². The molecule has 2 unspecified atom stereocenters. The lowest BCUT2D eigenvalue weighted by atomic mass is 9.89. The third kappa shape index (κ3) is 4.90. The Balaban J connectivity index is 0.00000163. The Morgan fingerprint density at radius 1 is 0.923 bits per heavy atom. The molecule has 2 rings (SSSR count). The molecule has 0 saturated carbocycles. The highest BCUT2D eigenvalue weighted by atomic mass is 31.0. The first-order valence-corrected chi connectivity index (χ1v) is 8.31. The fourth-order valence-electron chi connectivity index (χ4n) is 2.50. The second kappa shape index (κ2) is 11.0. The molecule has 0 fully saturated rings.